The maximum Gasteiger partial charge on any atom is 0.292 e. The minimum Gasteiger partial charge on any atom is -0.378 e. The number of hydroxylamine groups is 1. The summed E-state index contributed by atoms with van der Waals surface area (Å²) in [7, 11) is 0. The second-order valence-electron chi connectivity index (χ2n) is 9.85. The van der Waals surface area contributed by atoms with Crippen LogP contribution in [0, 0.1) is 10.1 Å². The summed E-state index contributed by atoms with van der Waals surface area (Å²) in [6.07, 6.45) is 2.07. The summed E-state index contributed by atoms with van der Waals surface area (Å²) >= 11 is 0. The van der Waals surface area contributed by atoms with Crippen molar-refractivity contribution in [2.24, 2.45) is 5.84 Å². The van der Waals surface area contributed by atoms with Crippen LogP contribution in [0.2, 0.25) is 0 Å². The number of rotatable bonds is 9. The average molecular weight is 554 g/mol. The number of carbonyl (C=O) groups excluding carboxylic acids is 2. The van der Waals surface area contributed by atoms with Gasteiger partial charge in [0, 0.05) is 70.3 Å². The third kappa shape index (κ3) is 5.52. The molecule has 5 rings (SSSR count). The van der Waals surface area contributed by atoms with Crippen LogP contribution in [0.3, 0.4) is 0 Å². The number of nitrogens with zero attached hydrogens (tertiary/aromatic N) is 6. The van der Waals surface area contributed by atoms with Gasteiger partial charge in [-0.05, 0) is 30.7 Å². The molecule has 0 spiro atoms. The summed E-state index contributed by atoms with van der Waals surface area (Å²) in [6.45, 7) is 6.47. The zero-order chi connectivity index (χ0) is 28.2. The number of aromatic nitrogens is 1. The highest BCUT2D eigenvalue weighted by atomic mass is 16.6. The van der Waals surface area contributed by atoms with Gasteiger partial charge in [0.15, 0.2) is 5.70 Å². The van der Waals surface area contributed by atoms with Gasteiger partial charge in [-0.15, -0.1) is 0 Å². The van der Waals surface area contributed by atoms with E-state index in [9.17, 15) is 24.9 Å². The number of nitro benzene ring substituents is 1. The predicted octanol–water partition coefficient (Wildman–Crippen LogP) is -0.242. The molecular formula is C26H33N8O6+. The number of hydrogen-bond donors (Lipinski definition) is 3. The molecule has 14 heteroatoms. The highest BCUT2D eigenvalue weighted by molar-refractivity contribution is 6.24. The van der Waals surface area contributed by atoms with Crippen LogP contribution in [-0.4, -0.2) is 102 Å². The predicted molar refractivity (Wildman–Crippen MR) is 144 cm³/mol. The highest BCUT2D eigenvalue weighted by Crippen LogP contribution is 2.33. The SMILES string of the molecule is NN(CCCN1CCN(c2ccc([N+](=O)[O-])c(N3CCOCC3)c2)CC1)C1=C([NH2+]O)C(=O)c2cccnc2C1=O. The molecule has 3 aliphatic rings. The van der Waals surface area contributed by atoms with Gasteiger partial charge in [0.1, 0.15) is 11.4 Å². The van der Waals surface area contributed by atoms with E-state index in [0.717, 1.165) is 38.4 Å². The molecule has 0 unspecified atom stereocenters. The summed E-state index contributed by atoms with van der Waals surface area (Å²) in [5.41, 5.74) is 2.29. The molecule has 5 N–H and O–H groups in total. The lowest BCUT2D eigenvalue weighted by atomic mass is 9.94. The van der Waals surface area contributed by atoms with E-state index < -0.39 is 11.6 Å². The molecule has 0 atom stereocenters. The number of fused-ring (bicyclic) bond motifs is 1. The quantitative estimate of drug-likeness (QED) is 0.211. The maximum atomic E-state index is 13.0. The van der Waals surface area contributed by atoms with Crippen molar-refractivity contribution in [3.8, 4) is 0 Å². The van der Waals surface area contributed by atoms with Crippen molar-refractivity contribution in [1.29, 1.82) is 0 Å². The summed E-state index contributed by atoms with van der Waals surface area (Å²) in [5.74, 6) is 5.22. The molecule has 2 aliphatic heterocycles. The first-order valence-electron chi connectivity index (χ1n) is 13.3. The van der Waals surface area contributed by atoms with Crippen molar-refractivity contribution >= 4 is 28.6 Å². The zero-order valence-electron chi connectivity index (χ0n) is 22.1. The number of allylic oxidation sites excluding steroid dienone is 2. The van der Waals surface area contributed by atoms with Gasteiger partial charge in [-0.25, -0.2) is 11.0 Å². The first-order valence-corrected chi connectivity index (χ1v) is 13.3. The molecule has 2 fully saturated rings. The van der Waals surface area contributed by atoms with Crippen LogP contribution in [0.25, 0.3) is 0 Å². The first kappa shape index (κ1) is 27.6. The first-order chi connectivity index (χ1) is 19.4. The number of pyridine rings is 1. The van der Waals surface area contributed by atoms with Gasteiger partial charge in [0.2, 0.25) is 11.5 Å². The third-order valence-electron chi connectivity index (χ3n) is 7.52. The molecule has 1 aliphatic carbocycles. The van der Waals surface area contributed by atoms with Crippen LogP contribution in [0.1, 0.15) is 27.3 Å². The van der Waals surface area contributed by atoms with Crippen molar-refractivity contribution in [3.63, 3.8) is 0 Å². The Bertz CT molecular complexity index is 1320. The van der Waals surface area contributed by atoms with E-state index in [4.69, 9.17) is 10.6 Å². The van der Waals surface area contributed by atoms with E-state index in [-0.39, 0.29) is 33.3 Å². The van der Waals surface area contributed by atoms with Gasteiger partial charge >= 0.3 is 0 Å². The minimum atomic E-state index is -0.494. The van der Waals surface area contributed by atoms with Crippen molar-refractivity contribution < 1.29 is 29.9 Å². The van der Waals surface area contributed by atoms with E-state index in [2.05, 4.69) is 14.8 Å². The largest absolute Gasteiger partial charge is 0.378 e. The smallest absolute Gasteiger partial charge is 0.292 e. The molecule has 40 heavy (non-hydrogen) atoms. The van der Waals surface area contributed by atoms with Crippen molar-refractivity contribution in [3.05, 3.63) is 69.3 Å². The third-order valence-corrected chi connectivity index (χ3v) is 7.52. The minimum absolute atomic E-state index is 0.0303. The van der Waals surface area contributed by atoms with Gasteiger partial charge in [0.05, 0.1) is 23.7 Å². The molecular weight excluding hydrogens is 520 g/mol. The Morgan fingerprint density at radius 2 is 1.82 bits per heavy atom. The lowest BCUT2D eigenvalue weighted by Crippen LogP contribution is -2.81. The van der Waals surface area contributed by atoms with Crippen molar-refractivity contribution in [1.82, 2.24) is 14.9 Å². The van der Waals surface area contributed by atoms with E-state index in [1.807, 2.05) is 17.0 Å². The zero-order valence-corrected chi connectivity index (χ0v) is 22.1. The number of quaternary nitrogens is 1. The van der Waals surface area contributed by atoms with Crippen LogP contribution in [0.15, 0.2) is 47.9 Å². The van der Waals surface area contributed by atoms with Gasteiger partial charge in [-0.3, -0.25) is 29.6 Å². The Morgan fingerprint density at radius 1 is 1.07 bits per heavy atom. The van der Waals surface area contributed by atoms with E-state index in [1.165, 1.54) is 17.3 Å². The van der Waals surface area contributed by atoms with Crippen LogP contribution in [0.5, 0.6) is 0 Å². The average Bonchev–Trinajstić information content (AvgIpc) is 2.99. The Balaban J connectivity index is 1.17. The molecule has 2 saturated heterocycles. The Hall–Kier alpha value is -3.95. The van der Waals surface area contributed by atoms with Crippen LogP contribution in [-0.2, 0) is 4.74 Å². The number of nitrogens with two attached hydrogens (primary N) is 2. The number of benzene rings is 1. The number of carbonyl (C=O) groups is 2. The number of nitro groups is 1. The molecule has 2 aromatic rings. The standard InChI is InChI=1S/C26H32N8O6/c27-33(24-23(29-37)25(35)19-3-1-6-28-22(19)26(24)36)8-2-7-30-9-11-31(12-10-30)18-4-5-20(34(38)39)21(17-18)32-13-15-40-16-14-32/h1,3-6,17,29,37H,2,7-16,27H2/p+1. The number of hydrogen-bond acceptors (Lipinski definition) is 12. The molecule has 0 amide bonds. The number of morpholine rings is 1. The highest BCUT2D eigenvalue weighted by Gasteiger charge is 2.38. The van der Waals surface area contributed by atoms with Crippen LogP contribution >= 0.6 is 0 Å². The normalized spacial score (nSPS) is 18.2. The summed E-state index contributed by atoms with van der Waals surface area (Å²) < 4.78 is 5.41. The fraction of sp³-hybridized carbons (Fsp3) is 0.423. The molecule has 14 nitrogen and oxygen atoms in total. The number of ether oxygens (including phenoxy) is 1. The van der Waals surface area contributed by atoms with Crippen molar-refractivity contribution in [2.45, 2.75) is 6.42 Å². The number of piperazine rings is 1. The van der Waals surface area contributed by atoms with Gasteiger partial charge < -0.3 is 19.5 Å². The molecule has 3 heterocycles. The Labute approximate surface area is 230 Å². The number of anilines is 2. The van der Waals surface area contributed by atoms with Crippen molar-refractivity contribution in [2.75, 3.05) is 75.4 Å². The fourth-order valence-electron chi connectivity index (χ4n) is 5.39. The monoisotopic (exact) mass is 553 g/mol. The number of hydrazine groups is 1. The van der Waals surface area contributed by atoms with Gasteiger partial charge in [-0.2, -0.15) is 5.48 Å². The maximum absolute atomic E-state index is 13.0. The molecule has 0 bridgehead atoms. The van der Waals surface area contributed by atoms with E-state index >= 15 is 0 Å². The molecule has 0 radical (unpaired) electrons. The second kappa shape index (κ2) is 12.1. The lowest BCUT2D eigenvalue weighted by Gasteiger charge is -2.37. The summed E-state index contributed by atoms with van der Waals surface area (Å²) in [4.78, 5) is 47.6. The van der Waals surface area contributed by atoms with Gasteiger partial charge in [0.25, 0.3) is 11.5 Å². The van der Waals surface area contributed by atoms with E-state index in [0.29, 0.717) is 50.4 Å². The number of Topliss-reactive ketones (excluding diaryl/α,β-unsaturated/α-hetero) is 2. The topological polar surface area (TPSA) is 175 Å². The molecule has 212 valence electrons. The van der Waals surface area contributed by atoms with E-state index in [1.54, 1.807) is 12.1 Å². The fourth-order valence-corrected chi connectivity index (χ4v) is 5.39. The molecule has 0 saturated carbocycles. The molecule has 1 aromatic carbocycles. The number of ketones is 2. The summed E-state index contributed by atoms with van der Waals surface area (Å²) in [6, 6.07) is 8.37. The Morgan fingerprint density at radius 3 is 2.52 bits per heavy atom. The lowest BCUT2D eigenvalue weighted by molar-refractivity contribution is -0.847. The summed E-state index contributed by atoms with van der Waals surface area (Å²) in [5, 5.41) is 22.5. The second-order valence-corrected chi connectivity index (χ2v) is 9.85. The van der Waals surface area contributed by atoms with Crippen LogP contribution < -0.4 is 21.1 Å². The molecule has 1 aromatic heterocycles. The van der Waals surface area contributed by atoms with Gasteiger partial charge in [-0.1, -0.05) is 0 Å². The Kier molecular flexibility index (Phi) is 8.32. The van der Waals surface area contributed by atoms with Crippen LogP contribution in [0.4, 0.5) is 17.1 Å².